The highest BCUT2D eigenvalue weighted by atomic mass is 16.6. The molecule has 0 aliphatic rings. The molecule has 8 nitrogen and oxygen atoms in total. The third-order valence-electron chi connectivity index (χ3n) is 6.14. The zero-order valence-electron chi connectivity index (χ0n) is 21.6. The fourth-order valence-corrected chi connectivity index (χ4v) is 4.24. The summed E-state index contributed by atoms with van der Waals surface area (Å²) in [6.07, 6.45) is 0. The highest BCUT2D eigenvalue weighted by Crippen LogP contribution is 2.41. The quantitative estimate of drug-likeness (QED) is 0.135. The molecule has 37 heavy (non-hydrogen) atoms. The van der Waals surface area contributed by atoms with Crippen molar-refractivity contribution in [2.45, 2.75) is 27.7 Å². The summed E-state index contributed by atoms with van der Waals surface area (Å²) in [4.78, 5) is 12.8. The lowest BCUT2D eigenvalue weighted by Gasteiger charge is -2.21. The molecule has 0 radical (unpaired) electrons. The summed E-state index contributed by atoms with van der Waals surface area (Å²) in [6.45, 7) is 11.0. The SMILES string of the molecule is CCNc1cc(C)c(N=Nc2ccc([N+](=O)[O-])cc2)c(Oc2cccc3cc(N(CC)CC)ccc23)c1. The van der Waals surface area contributed by atoms with E-state index in [-0.39, 0.29) is 5.69 Å². The van der Waals surface area contributed by atoms with Crippen molar-refractivity contribution in [2.24, 2.45) is 10.2 Å². The minimum atomic E-state index is -0.439. The lowest BCUT2D eigenvalue weighted by atomic mass is 10.1. The second-order valence-electron chi connectivity index (χ2n) is 8.58. The van der Waals surface area contributed by atoms with Crippen LogP contribution < -0.4 is 15.0 Å². The summed E-state index contributed by atoms with van der Waals surface area (Å²) < 4.78 is 6.49. The van der Waals surface area contributed by atoms with Gasteiger partial charge in [0.05, 0.1) is 10.6 Å². The van der Waals surface area contributed by atoms with Gasteiger partial charge in [-0.2, -0.15) is 5.11 Å². The molecule has 0 bridgehead atoms. The number of azo groups is 1. The topological polar surface area (TPSA) is 92.4 Å². The molecular weight excluding hydrogens is 466 g/mol. The van der Waals surface area contributed by atoms with Crippen LogP contribution in [-0.2, 0) is 0 Å². The number of hydrogen-bond donors (Lipinski definition) is 1. The lowest BCUT2D eigenvalue weighted by molar-refractivity contribution is -0.384. The maximum absolute atomic E-state index is 10.9. The molecule has 0 saturated heterocycles. The molecule has 0 aliphatic carbocycles. The van der Waals surface area contributed by atoms with Crippen molar-refractivity contribution in [1.82, 2.24) is 0 Å². The van der Waals surface area contributed by atoms with Crippen molar-refractivity contribution in [2.75, 3.05) is 29.9 Å². The number of nitrogens with one attached hydrogen (secondary N) is 1. The molecule has 4 aromatic rings. The van der Waals surface area contributed by atoms with Gasteiger partial charge in [0.1, 0.15) is 11.4 Å². The largest absolute Gasteiger partial charge is 0.454 e. The Kier molecular flexibility index (Phi) is 7.98. The molecule has 1 N–H and O–H groups in total. The standard InChI is InChI=1S/C29H31N5O3/c1-5-30-23-17-20(4)29(32-31-22-11-13-24(14-12-22)34(35)36)28(19-23)37-27-10-8-9-21-18-25(15-16-26(21)27)33(6-2)7-3/h8-19,30H,5-7H2,1-4H3. The second kappa shape index (κ2) is 11.5. The number of aryl methyl sites for hydroxylation is 1. The molecule has 0 saturated carbocycles. The molecule has 0 atom stereocenters. The van der Waals surface area contributed by atoms with Gasteiger partial charge in [0.2, 0.25) is 0 Å². The first-order chi connectivity index (χ1) is 17.9. The van der Waals surface area contributed by atoms with E-state index in [9.17, 15) is 10.1 Å². The molecule has 0 heterocycles. The predicted molar refractivity (Wildman–Crippen MR) is 150 cm³/mol. The van der Waals surface area contributed by atoms with E-state index in [2.05, 4.69) is 58.6 Å². The van der Waals surface area contributed by atoms with Crippen molar-refractivity contribution >= 4 is 39.2 Å². The Morgan fingerprint density at radius 3 is 2.35 bits per heavy atom. The summed E-state index contributed by atoms with van der Waals surface area (Å²) in [5.74, 6) is 1.30. The fourth-order valence-electron chi connectivity index (χ4n) is 4.24. The highest BCUT2D eigenvalue weighted by molar-refractivity contribution is 5.91. The highest BCUT2D eigenvalue weighted by Gasteiger charge is 2.14. The van der Waals surface area contributed by atoms with Gasteiger partial charge in [0, 0.05) is 54.6 Å². The van der Waals surface area contributed by atoms with E-state index >= 15 is 0 Å². The van der Waals surface area contributed by atoms with Gasteiger partial charge in [-0.05, 0) is 81.1 Å². The Morgan fingerprint density at radius 1 is 0.919 bits per heavy atom. The van der Waals surface area contributed by atoms with Gasteiger partial charge >= 0.3 is 0 Å². The first-order valence-corrected chi connectivity index (χ1v) is 12.4. The number of benzene rings is 4. The van der Waals surface area contributed by atoms with Crippen LogP contribution in [0.25, 0.3) is 10.8 Å². The van der Waals surface area contributed by atoms with Crippen LogP contribution in [0.3, 0.4) is 0 Å². The number of fused-ring (bicyclic) bond motifs is 1. The Hall–Kier alpha value is -4.46. The number of ether oxygens (including phenoxy) is 1. The fraction of sp³-hybridized carbons (Fsp3) is 0.241. The number of nitrogens with zero attached hydrogens (tertiary/aromatic N) is 4. The second-order valence-corrected chi connectivity index (χ2v) is 8.58. The predicted octanol–water partition coefficient (Wildman–Crippen LogP) is 8.54. The van der Waals surface area contributed by atoms with Crippen LogP contribution in [0.1, 0.15) is 26.3 Å². The van der Waals surface area contributed by atoms with E-state index in [1.807, 2.05) is 38.1 Å². The number of nitro groups is 1. The maximum Gasteiger partial charge on any atom is 0.269 e. The van der Waals surface area contributed by atoms with Crippen LogP contribution in [0.15, 0.2) is 83.0 Å². The lowest BCUT2D eigenvalue weighted by Crippen LogP contribution is -2.21. The van der Waals surface area contributed by atoms with Gasteiger partial charge in [0.15, 0.2) is 5.75 Å². The molecule has 0 fully saturated rings. The van der Waals surface area contributed by atoms with Crippen molar-refractivity contribution in [3.8, 4) is 11.5 Å². The molecule has 0 aliphatic heterocycles. The zero-order valence-corrected chi connectivity index (χ0v) is 21.6. The Morgan fingerprint density at radius 2 is 1.68 bits per heavy atom. The molecular formula is C29H31N5O3. The van der Waals surface area contributed by atoms with Gasteiger partial charge in [-0.3, -0.25) is 10.1 Å². The normalized spacial score (nSPS) is 11.1. The van der Waals surface area contributed by atoms with Gasteiger partial charge in [-0.15, -0.1) is 5.11 Å². The van der Waals surface area contributed by atoms with Crippen LogP contribution in [0.2, 0.25) is 0 Å². The van der Waals surface area contributed by atoms with E-state index < -0.39 is 4.92 Å². The van der Waals surface area contributed by atoms with Gasteiger partial charge in [-0.25, -0.2) is 0 Å². The third kappa shape index (κ3) is 5.86. The third-order valence-corrected chi connectivity index (χ3v) is 6.14. The van der Waals surface area contributed by atoms with Crippen molar-refractivity contribution < 1.29 is 9.66 Å². The summed E-state index contributed by atoms with van der Waals surface area (Å²) in [7, 11) is 0. The Labute approximate surface area is 216 Å². The van der Waals surface area contributed by atoms with Crippen LogP contribution in [0.4, 0.5) is 28.4 Å². The zero-order chi connectivity index (χ0) is 26.4. The molecule has 0 aromatic heterocycles. The van der Waals surface area contributed by atoms with Crippen LogP contribution in [0.5, 0.6) is 11.5 Å². The van der Waals surface area contributed by atoms with Crippen molar-refractivity contribution in [3.63, 3.8) is 0 Å². The van der Waals surface area contributed by atoms with Crippen molar-refractivity contribution in [1.29, 1.82) is 0 Å². The Balaban J connectivity index is 1.73. The summed E-state index contributed by atoms with van der Waals surface area (Å²) in [5.41, 5.74) is 4.11. The van der Waals surface area contributed by atoms with Gasteiger partial charge in [0.25, 0.3) is 5.69 Å². The number of nitro benzene ring substituents is 1. The summed E-state index contributed by atoms with van der Waals surface area (Å²) in [5, 5.41) is 25.2. The minimum absolute atomic E-state index is 0.00857. The summed E-state index contributed by atoms with van der Waals surface area (Å²) >= 11 is 0. The monoisotopic (exact) mass is 497 g/mol. The average molecular weight is 498 g/mol. The van der Waals surface area contributed by atoms with Crippen LogP contribution in [0, 0.1) is 17.0 Å². The molecule has 4 aromatic carbocycles. The first-order valence-electron chi connectivity index (χ1n) is 12.4. The number of rotatable bonds is 10. The molecule has 0 unspecified atom stereocenters. The molecule has 8 heteroatoms. The summed E-state index contributed by atoms with van der Waals surface area (Å²) in [6, 6.07) is 22.3. The van der Waals surface area contributed by atoms with E-state index in [0.717, 1.165) is 47.4 Å². The maximum atomic E-state index is 10.9. The average Bonchev–Trinajstić information content (AvgIpc) is 2.89. The molecule has 0 amide bonds. The molecule has 0 spiro atoms. The first kappa shape index (κ1) is 25.6. The van der Waals surface area contributed by atoms with Gasteiger partial charge < -0.3 is 15.0 Å². The minimum Gasteiger partial charge on any atom is -0.454 e. The van der Waals surface area contributed by atoms with E-state index in [0.29, 0.717) is 17.1 Å². The van der Waals surface area contributed by atoms with Crippen LogP contribution >= 0.6 is 0 Å². The number of non-ortho nitro benzene ring substituents is 1. The Bertz CT molecular complexity index is 1430. The van der Waals surface area contributed by atoms with E-state index in [4.69, 9.17) is 4.74 Å². The van der Waals surface area contributed by atoms with Gasteiger partial charge in [-0.1, -0.05) is 12.1 Å². The molecule has 4 rings (SSSR count). The van der Waals surface area contributed by atoms with Crippen molar-refractivity contribution in [3.05, 3.63) is 88.5 Å². The van der Waals surface area contributed by atoms with E-state index in [1.54, 1.807) is 12.1 Å². The molecule has 190 valence electrons. The van der Waals surface area contributed by atoms with E-state index in [1.165, 1.54) is 17.8 Å². The smallest absolute Gasteiger partial charge is 0.269 e. The number of anilines is 2. The van der Waals surface area contributed by atoms with Crippen LogP contribution in [-0.4, -0.2) is 24.6 Å². The number of hydrogen-bond acceptors (Lipinski definition) is 7.